The number of hydrogen-bond acceptors (Lipinski definition) is 4. The fourth-order valence-electron chi connectivity index (χ4n) is 2.73. The number of nitrogens with one attached hydrogen (secondary N) is 1. The van der Waals surface area contributed by atoms with Crippen LogP contribution in [0.1, 0.15) is 16.1 Å². The average Bonchev–Trinajstić information content (AvgIpc) is 3.03. The highest BCUT2D eigenvalue weighted by Crippen LogP contribution is 2.23. The number of carbonyl (C=O) groups is 1. The molecule has 0 fully saturated rings. The minimum Gasteiger partial charge on any atom is -0.451 e. The van der Waals surface area contributed by atoms with E-state index in [0.717, 1.165) is 0 Å². The fraction of sp³-hybridized carbons (Fsp3) is 0.0526. The van der Waals surface area contributed by atoms with E-state index in [1.807, 2.05) is 0 Å². The normalized spacial score (nSPS) is 11.2. The van der Waals surface area contributed by atoms with Crippen molar-refractivity contribution >= 4 is 39.4 Å². The van der Waals surface area contributed by atoms with E-state index < -0.39 is 17.3 Å². The van der Waals surface area contributed by atoms with E-state index in [1.165, 1.54) is 24.3 Å². The minimum atomic E-state index is -0.577. The quantitative estimate of drug-likeness (QED) is 0.546. The van der Waals surface area contributed by atoms with E-state index in [0.29, 0.717) is 26.9 Å². The van der Waals surface area contributed by atoms with Crippen LogP contribution in [-0.4, -0.2) is 5.91 Å². The average molecular weight is 372 g/mol. The first-order chi connectivity index (χ1) is 12.5. The van der Waals surface area contributed by atoms with Crippen LogP contribution in [0.4, 0.5) is 4.39 Å². The fourth-order valence-corrected chi connectivity index (χ4v) is 2.92. The third-order valence-corrected chi connectivity index (χ3v) is 4.17. The van der Waals surface area contributed by atoms with Crippen molar-refractivity contribution in [3.8, 4) is 0 Å². The van der Waals surface area contributed by atoms with Gasteiger partial charge in [-0.15, -0.1) is 0 Å². The molecule has 26 heavy (non-hydrogen) atoms. The molecule has 130 valence electrons. The standard InChI is InChI=1S/C19H11ClFNO4/c20-12-1-3-15-10(5-12)6-17(25-15)19(24)22-9-11-7-18(23)26-16-4-2-13(21)8-14(11)16/h1-8H,9H2,(H,22,24). The molecule has 2 aromatic carbocycles. The second-order valence-corrected chi connectivity index (χ2v) is 6.14. The van der Waals surface area contributed by atoms with Gasteiger partial charge < -0.3 is 14.2 Å². The third-order valence-electron chi connectivity index (χ3n) is 3.93. The Labute approximate surface area is 151 Å². The van der Waals surface area contributed by atoms with Crippen LogP contribution in [0, 0.1) is 5.82 Å². The van der Waals surface area contributed by atoms with E-state index >= 15 is 0 Å². The lowest BCUT2D eigenvalue weighted by Gasteiger charge is -2.06. The Morgan fingerprint density at radius 2 is 1.85 bits per heavy atom. The number of halogens is 2. The maximum Gasteiger partial charge on any atom is 0.336 e. The topological polar surface area (TPSA) is 72.5 Å². The first-order valence-electron chi connectivity index (χ1n) is 7.69. The van der Waals surface area contributed by atoms with Gasteiger partial charge in [0.05, 0.1) is 0 Å². The van der Waals surface area contributed by atoms with Crippen molar-refractivity contribution in [2.24, 2.45) is 0 Å². The summed E-state index contributed by atoms with van der Waals surface area (Å²) in [6.45, 7) is 0.0161. The molecule has 4 rings (SSSR count). The zero-order valence-electron chi connectivity index (χ0n) is 13.2. The Bertz CT molecular complexity index is 1210. The van der Waals surface area contributed by atoms with E-state index in [9.17, 15) is 14.0 Å². The van der Waals surface area contributed by atoms with Gasteiger partial charge >= 0.3 is 5.63 Å². The molecule has 7 heteroatoms. The molecule has 0 aliphatic heterocycles. The van der Waals surface area contributed by atoms with Gasteiger partial charge in [0.1, 0.15) is 17.0 Å². The van der Waals surface area contributed by atoms with E-state index in [2.05, 4.69) is 5.32 Å². The number of hydrogen-bond donors (Lipinski definition) is 1. The Balaban J connectivity index is 1.62. The molecule has 1 amide bonds. The van der Waals surface area contributed by atoms with Crippen LogP contribution in [0.2, 0.25) is 5.02 Å². The minimum absolute atomic E-state index is 0.0161. The number of furan rings is 1. The molecule has 2 aromatic heterocycles. The van der Waals surface area contributed by atoms with Gasteiger partial charge in [-0.25, -0.2) is 9.18 Å². The van der Waals surface area contributed by atoms with Crippen LogP contribution in [0.3, 0.4) is 0 Å². The molecule has 0 saturated carbocycles. The van der Waals surface area contributed by atoms with Crippen molar-refractivity contribution in [3.63, 3.8) is 0 Å². The van der Waals surface area contributed by atoms with Gasteiger partial charge in [0.25, 0.3) is 5.91 Å². The lowest BCUT2D eigenvalue weighted by molar-refractivity contribution is 0.0925. The summed E-state index contributed by atoms with van der Waals surface area (Å²) in [6, 6.07) is 11.7. The monoisotopic (exact) mass is 371 g/mol. The number of carbonyl (C=O) groups excluding carboxylic acids is 1. The molecule has 0 aliphatic rings. The molecule has 2 heterocycles. The van der Waals surface area contributed by atoms with Crippen molar-refractivity contribution in [2.45, 2.75) is 6.54 Å². The molecule has 0 radical (unpaired) electrons. The lowest BCUT2D eigenvalue weighted by Crippen LogP contribution is -2.23. The number of amides is 1. The number of rotatable bonds is 3. The van der Waals surface area contributed by atoms with Crippen LogP contribution in [-0.2, 0) is 6.54 Å². The molecule has 0 aliphatic carbocycles. The van der Waals surface area contributed by atoms with Gasteiger partial charge in [0, 0.05) is 28.4 Å². The summed E-state index contributed by atoms with van der Waals surface area (Å²) in [5.74, 6) is -0.816. The van der Waals surface area contributed by atoms with E-state index in [-0.39, 0.29) is 17.9 Å². The smallest absolute Gasteiger partial charge is 0.336 e. The highest BCUT2D eigenvalue weighted by Gasteiger charge is 2.14. The third kappa shape index (κ3) is 3.07. The molecule has 5 nitrogen and oxygen atoms in total. The maximum absolute atomic E-state index is 13.5. The molecule has 0 bridgehead atoms. The van der Waals surface area contributed by atoms with Gasteiger partial charge in [0.2, 0.25) is 0 Å². The van der Waals surface area contributed by atoms with Crippen molar-refractivity contribution in [1.82, 2.24) is 5.32 Å². The van der Waals surface area contributed by atoms with Crippen molar-refractivity contribution < 1.29 is 18.0 Å². The van der Waals surface area contributed by atoms with Gasteiger partial charge in [-0.3, -0.25) is 4.79 Å². The molecule has 0 unspecified atom stereocenters. The molecule has 0 atom stereocenters. The van der Waals surface area contributed by atoms with Gasteiger partial charge in [-0.05, 0) is 48.0 Å². The highest BCUT2D eigenvalue weighted by molar-refractivity contribution is 6.31. The molecular formula is C19H11ClFNO4. The van der Waals surface area contributed by atoms with Gasteiger partial charge in [0.15, 0.2) is 5.76 Å². The van der Waals surface area contributed by atoms with E-state index in [4.69, 9.17) is 20.4 Å². The maximum atomic E-state index is 13.5. The van der Waals surface area contributed by atoms with Crippen molar-refractivity contribution in [1.29, 1.82) is 0 Å². The first-order valence-corrected chi connectivity index (χ1v) is 8.07. The number of benzene rings is 2. The summed E-state index contributed by atoms with van der Waals surface area (Å²) in [5, 5.41) is 4.32. The van der Waals surface area contributed by atoms with Gasteiger partial charge in [-0.1, -0.05) is 11.6 Å². The Hall–Kier alpha value is -3.12. The molecule has 1 N–H and O–H groups in total. The Morgan fingerprint density at radius 1 is 1.04 bits per heavy atom. The predicted molar refractivity (Wildman–Crippen MR) is 94.8 cm³/mol. The number of fused-ring (bicyclic) bond motifs is 2. The predicted octanol–water partition coefficient (Wildman–Crippen LogP) is 4.26. The Kier molecular flexibility index (Phi) is 3.97. The van der Waals surface area contributed by atoms with Gasteiger partial charge in [-0.2, -0.15) is 0 Å². The van der Waals surface area contributed by atoms with Crippen LogP contribution in [0.5, 0.6) is 0 Å². The zero-order chi connectivity index (χ0) is 18.3. The van der Waals surface area contributed by atoms with Crippen LogP contribution in [0.25, 0.3) is 21.9 Å². The second kappa shape index (κ2) is 6.31. The molecule has 0 saturated heterocycles. The highest BCUT2D eigenvalue weighted by atomic mass is 35.5. The zero-order valence-corrected chi connectivity index (χ0v) is 14.0. The van der Waals surface area contributed by atoms with Crippen LogP contribution >= 0.6 is 11.6 Å². The summed E-state index contributed by atoms with van der Waals surface area (Å²) >= 11 is 5.92. The summed E-state index contributed by atoms with van der Waals surface area (Å²) in [4.78, 5) is 24.0. The van der Waals surface area contributed by atoms with Crippen molar-refractivity contribution in [3.05, 3.63) is 81.1 Å². The summed E-state index contributed by atoms with van der Waals surface area (Å²) in [5.41, 5.74) is 0.656. The molecular weight excluding hydrogens is 361 g/mol. The summed E-state index contributed by atoms with van der Waals surface area (Å²) in [6.07, 6.45) is 0. The molecule has 0 spiro atoms. The van der Waals surface area contributed by atoms with Crippen molar-refractivity contribution in [2.75, 3.05) is 0 Å². The summed E-state index contributed by atoms with van der Waals surface area (Å²) < 4.78 is 24.0. The van der Waals surface area contributed by atoms with Crippen LogP contribution < -0.4 is 10.9 Å². The van der Waals surface area contributed by atoms with E-state index in [1.54, 1.807) is 24.3 Å². The Morgan fingerprint density at radius 3 is 2.69 bits per heavy atom. The van der Waals surface area contributed by atoms with Crippen LogP contribution in [0.15, 0.2) is 62.2 Å². The second-order valence-electron chi connectivity index (χ2n) is 5.71. The summed E-state index contributed by atoms with van der Waals surface area (Å²) in [7, 11) is 0. The SMILES string of the molecule is O=C(NCc1cc(=O)oc2ccc(F)cc12)c1cc2cc(Cl)ccc2o1. The first kappa shape index (κ1) is 16.4. The lowest BCUT2D eigenvalue weighted by atomic mass is 10.1. The molecule has 4 aromatic rings. The largest absolute Gasteiger partial charge is 0.451 e.